The standard InChI is InChI=1S/C18H22N4O2/c1-3-14-4-5-17(19-9-14)24-12-15-6-7-22(11-15)18(23)16-8-13(2)21-20-10-16/h4-5,8-10,15H,3,6-7,11-12H2,1-2H3. The number of aryl methyl sites for hydroxylation is 2. The van der Waals surface area contributed by atoms with E-state index in [0.29, 0.717) is 30.5 Å². The molecule has 0 aromatic carbocycles. The molecule has 1 unspecified atom stereocenters. The van der Waals surface area contributed by atoms with Gasteiger partial charge >= 0.3 is 0 Å². The Hall–Kier alpha value is -2.50. The van der Waals surface area contributed by atoms with Gasteiger partial charge in [0, 0.05) is 31.3 Å². The van der Waals surface area contributed by atoms with Gasteiger partial charge in [-0.1, -0.05) is 13.0 Å². The van der Waals surface area contributed by atoms with Gasteiger partial charge in [-0.25, -0.2) is 4.98 Å². The zero-order chi connectivity index (χ0) is 16.9. The van der Waals surface area contributed by atoms with Crippen LogP contribution in [-0.4, -0.2) is 45.7 Å². The summed E-state index contributed by atoms with van der Waals surface area (Å²) >= 11 is 0. The Balaban J connectivity index is 1.52. The van der Waals surface area contributed by atoms with Crippen molar-refractivity contribution in [2.75, 3.05) is 19.7 Å². The maximum Gasteiger partial charge on any atom is 0.255 e. The highest BCUT2D eigenvalue weighted by Crippen LogP contribution is 2.20. The molecule has 2 aromatic heterocycles. The minimum absolute atomic E-state index is 0.0147. The minimum Gasteiger partial charge on any atom is -0.477 e. The summed E-state index contributed by atoms with van der Waals surface area (Å²) in [6.07, 6.45) is 5.28. The summed E-state index contributed by atoms with van der Waals surface area (Å²) in [4.78, 5) is 18.7. The van der Waals surface area contributed by atoms with Gasteiger partial charge in [-0.3, -0.25) is 4.79 Å². The molecule has 0 spiro atoms. The van der Waals surface area contributed by atoms with Gasteiger partial charge in [0.15, 0.2) is 0 Å². The van der Waals surface area contributed by atoms with E-state index in [9.17, 15) is 4.79 Å². The molecule has 6 nitrogen and oxygen atoms in total. The van der Waals surface area contributed by atoms with Crippen LogP contribution in [0.4, 0.5) is 0 Å². The van der Waals surface area contributed by atoms with Crippen LogP contribution in [0.25, 0.3) is 0 Å². The Morgan fingerprint density at radius 1 is 1.38 bits per heavy atom. The first-order chi connectivity index (χ1) is 11.7. The van der Waals surface area contributed by atoms with Gasteiger partial charge in [-0.2, -0.15) is 10.2 Å². The van der Waals surface area contributed by atoms with Crippen LogP contribution in [0, 0.1) is 12.8 Å². The van der Waals surface area contributed by atoms with Gasteiger partial charge < -0.3 is 9.64 Å². The molecular weight excluding hydrogens is 304 g/mol. The van der Waals surface area contributed by atoms with Gasteiger partial charge in [0.05, 0.1) is 24.1 Å². The van der Waals surface area contributed by atoms with E-state index in [1.54, 1.807) is 6.07 Å². The van der Waals surface area contributed by atoms with Crippen LogP contribution >= 0.6 is 0 Å². The van der Waals surface area contributed by atoms with Gasteiger partial charge in [0.2, 0.25) is 5.88 Å². The van der Waals surface area contributed by atoms with Crippen LogP contribution in [0.15, 0.2) is 30.6 Å². The van der Waals surface area contributed by atoms with E-state index in [1.807, 2.05) is 30.2 Å². The van der Waals surface area contributed by atoms with Crippen molar-refractivity contribution in [3.8, 4) is 5.88 Å². The highest BCUT2D eigenvalue weighted by atomic mass is 16.5. The van der Waals surface area contributed by atoms with E-state index < -0.39 is 0 Å². The molecule has 1 aliphatic heterocycles. The molecular formula is C18H22N4O2. The number of likely N-dealkylation sites (tertiary alicyclic amines) is 1. The first kappa shape index (κ1) is 16.4. The lowest BCUT2D eigenvalue weighted by molar-refractivity contribution is 0.0782. The number of hydrogen-bond acceptors (Lipinski definition) is 5. The summed E-state index contributed by atoms with van der Waals surface area (Å²) in [6.45, 7) is 5.96. The molecule has 0 saturated carbocycles. The van der Waals surface area contributed by atoms with Gasteiger partial charge in [0.25, 0.3) is 5.91 Å². The predicted molar refractivity (Wildman–Crippen MR) is 89.9 cm³/mol. The first-order valence-corrected chi connectivity index (χ1v) is 8.32. The largest absolute Gasteiger partial charge is 0.477 e. The third-order valence-corrected chi connectivity index (χ3v) is 4.27. The molecule has 3 heterocycles. The molecule has 1 saturated heterocycles. The van der Waals surface area contributed by atoms with E-state index in [0.717, 1.165) is 25.1 Å². The Bertz CT molecular complexity index is 702. The molecule has 24 heavy (non-hydrogen) atoms. The summed E-state index contributed by atoms with van der Waals surface area (Å²) < 4.78 is 5.77. The van der Waals surface area contributed by atoms with Crippen LogP contribution < -0.4 is 4.74 Å². The minimum atomic E-state index is 0.0147. The highest BCUT2D eigenvalue weighted by molar-refractivity contribution is 5.94. The summed E-state index contributed by atoms with van der Waals surface area (Å²) in [7, 11) is 0. The van der Waals surface area contributed by atoms with Gasteiger partial charge in [-0.15, -0.1) is 0 Å². The Kier molecular flexibility index (Phi) is 5.03. The number of aromatic nitrogens is 3. The van der Waals surface area contributed by atoms with Crippen LogP contribution in [0.2, 0.25) is 0 Å². The molecule has 1 atom stereocenters. The molecule has 0 bridgehead atoms. The SMILES string of the molecule is CCc1ccc(OCC2CCN(C(=O)c3cnnc(C)c3)C2)nc1. The van der Waals surface area contributed by atoms with E-state index >= 15 is 0 Å². The van der Waals surface area contributed by atoms with Crippen molar-refractivity contribution in [1.82, 2.24) is 20.1 Å². The number of ether oxygens (including phenoxy) is 1. The number of pyridine rings is 1. The average molecular weight is 326 g/mol. The molecule has 2 aromatic rings. The molecule has 1 amide bonds. The summed E-state index contributed by atoms with van der Waals surface area (Å²) in [6, 6.07) is 5.71. The maximum absolute atomic E-state index is 12.5. The second-order valence-corrected chi connectivity index (χ2v) is 6.16. The van der Waals surface area contributed by atoms with Crippen molar-refractivity contribution in [1.29, 1.82) is 0 Å². The number of rotatable bonds is 5. The van der Waals surface area contributed by atoms with Crippen LogP contribution in [0.1, 0.15) is 35.0 Å². The fourth-order valence-corrected chi connectivity index (χ4v) is 2.83. The second kappa shape index (κ2) is 7.38. The monoisotopic (exact) mass is 326 g/mol. The summed E-state index contributed by atoms with van der Waals surface area (Å²) in [5, 5.41) is 7.75. The van der Waals surface area contributed by atoms with Crippen LogP contribution in [0.3, 0.4) is 0 Å². The molecule has 0 aliphatic carbocycles. The molecule has 1 aliphatic rings. The van der Waals surface area contributed by atoms with Crippen molar-refractivity contribution in [3.63, 3.8) is 0 Å². The van der Waals surface area contributed by atoms with E-state index in [-0.39, 0.29) is 5.91 Å². The first-order valence-electron chi connectivity index (χ1n) is 8.32. The smallest absolute Gasteiger partial charge is 0.255 e. The quantitative estimate of drug-likeness (QED) is 0.843. The average Bonchev–Trinajstić information content (AvgIpc) is 3.09. The van der Waals surface area contributed by atoms with Crippen LogP contribution in [0.5, 0.6) is 5.88 Å². The highest BCUT2D eigenvalue weighted by Gasteiger charge is 2.27. The van der Waals surface area contributed by atoms with E-state index in [1.165, 1.54) is 11.8 Å². The van der Waals surface area contributed by atoms with E-state index in [4.69, 9.17) is 4.74 Å². The third-order valence-electron chi connectivity index (χ3n) is 4.27. The second-order valence-electron chi connectivity index (χ2n) is 6.16. The summed E-state index contributed by atoms with van der Waals surface area (Å²) in [5.74, 6) is 0.990. The normalized spacial score (nSPS) is 17.1. The zero-order valence-corrected chi connectivity index (χ0v) is 14.1. The fraction of sp³-hybridized carbons (Fsp3) is 0.444. The number of carbonyl (C=O) groups excluding carboxylic acids is 1. The Morgan fingerprint density at radius 3 is 2.96 bits per heavy atom. The van der Waals surface area contributed by atoms with Crippen LogP contribution in [-0.2, 0) is 6.42 Å². The lowest BCUT2D eigenvalue weighted by Crippen LogP contribution is -2.29. The molecule has 3 rings (SSSR count). The fourth-order valence-electron chi connectivity index (χ4n) is 2.83. The Morgan fingerprint density at radius 2 is 2.25 bits per heavy atom. The maximum atomic E-state index is 12.5. The number of nitrogens with zero attached hydrogens (tertiary/aromatic N) is 4. The van der Waals surface area contributed by atoms with Crippen molar-refractivity contribution < 1.29 is 9.53 Å². The van der Waals surface area contributed by atoms with Crippen molar-refractivity contribution >= 4 is 5.91 Å². The molecule has 6 heteroatoms. The van der Waals surface area contributed by atoms with Gasteiger partial charge in [0.1, 0.15) is 0 Å². The zero-order valence-electron chi connectivity index (χ0n) is 14.1. The predicted octanol–water partition coefficient (Wildman–Crippen LogP) is 2.28. The topological polar surface area (TPSA) is 68.2 Å². The Labute approximate surface area is 141 Å². The van der Waals surface area contributed by atoms with Crippen molar-refractivity contribution in [2.45, 2.75) is 26.7 Å². The van der Waals surface area contributed by atoms with E-state index in [2.05, 4.69) is 22.1 Å². The number of hydrogen-bond donors (Lipinski definition) is 0. The van der Waals surface area contributed by atoms with Crippen molar-refractivity contribution in [3.05, 3.63) is 47.4 Å². The lowest BCUT2D eigenvalue weighted by Gasteiger charge is -2.16. The van der Waals surface area contributed by atoms with Crippen molar-refractivity contribution in [2.24, 2.45) is 5.92 Å². The number of carbonyl (C=O) groups is 1. The summed E-state index contributed by atoms with van der Waals surface area (Å²) in [5.41, 5.74) is 2.55. The lowest BCUT2D eigenvalue weighted by atomic mass is 10.1. The third kappa shape index (κ3) is 3.88. The number of amides is 1. The molecule has 126 valence electrons. The van der Waals surface area contributed by atoms with Gasteiger partial charge in [-0.05, 0) is 31.4 Å². The molecule has 0 radical (unpaired) electrons. The molecule has 1 fully saturated rings. The molecule has 0 N–H and O–H groups in total.